The smallest absolute Gasteiger partial charge is 0.292 e. The first-order valence-electron chi connectivity index (χ1n) is 4.84. The van der Waals surface area contributed by atoms with Crippen molar-refractivity contribution in [1.82, 2.24) is 0 Å². The van der Waals surface area contributed by atoms with E-state index in [0.29, 0.717) is 12.2 Å². The van der Waals surface area contributed by atoms with Crippen molar-refractivity contribution in [3.05, 3.63) is 46.5 Å². The summed E-state index contributed by atoms with van der Waals surface area (Å²) < 4.78 is 0. The van der Waals surface area contributed by atoms with E-state index in [1.54, 1.807) is 18.2 Å². The average molecular weight is 206 g/mol. The molecule has 0 radical (unpaired) electrons. The predicted molar refractivity (Wildman–Crippen MR) is 61.0 cm³/mol. The van der Waals surface area contributed by atoms with Crippen LogP contribution in [0.4, 0.5) is 11.4 Å². The van der Waals surface area contributed by atoms with Crippen LogP contribution in [0.3, 0.4) is 0 Å². The number of rotatable bonds is 5. The number of anilines is 1. The van der Waals surface area contributed by atoms with E-state index in [-0.39, 0.29) is 10.6 Å². The normalized spacial score (nSPS) is 10.5. The van der Waals surface area contributed by atoms with E-state index in [9.17, 15) is 10.1 Å². The second kappa shape index (κ2) is 5.80. The van der Waals surface area contributed by atoms with Crippen LogP contribution in [0.1, 0.15) is 13.3 Å². The molecule has 0 atom stereocenters. The summed E-state index contributed by atoms with van der Waals surface area (Å²) in [5.41, 5.74) is 0.699. The molecule has 15 heavy (non-hydrogen) atoms. The van der Waals surface area contributed by atoms with Crippen LogP contribution in [0, 0.1) is 10.1 Å². The monoisotopic (exact) mass is 206 g/mol. The summed E-state index contributed by atoms with van der Waals surface area (Å²) in [6, 6.07) is 6.66. The van der Waals surface area contributed by atoms with Crippen LogP contribution in [-0.4, -0.2) is 11.5 Å². The highest BCUT2D eigenvalue weighted by molar-refractivity contribution is 5.60. The van der Waals surface area contributed by atoms with Gasteiger partial charge in [0.05, 0.1) is 4.92 Å². The minimum absolute atomic E-state index is 0.123. The number of nitrogens with one attached hydrogen (secondary N) is 1. The first-order valence-corrected chi connectivity index (χ1v) is 4.84. The number of nitro groups is 1. The van der Waals surface area contributed by atoms with Gasteiger partial charge in [-0.1, -0.05) is 24.3 Å². The Morgan fingerprint density at radius 3 is 2.87 bits per heavy atom. The highest BCUT2D eigenvalue weighted by atomic mass is 16.6. The van der Waals surface area contributed by atoms with E-state index in [4.69, 9.17) is 0 Å². The molecule has 0 fully saturated rings. The lowest BCUT2D eigenvalue weighted by atomic mass is 10.2. The lowest BCUT2D eigenvalue weighted by molar-refractivity contribution is -0.384. The van der Waals surface area contributed by atoms with E-state index < -0.39 is 0 Å². The molecule has 0 heterocycles. The number of hydrogen-bond donors (Lipinski definition) is 1. The van der Waals surface area contributed by atoms with Gasteiger partial charge in [0.1, 0.15) is 5.69 Å². The summed E-state index contributed by atoms with van der Waals surface area (Å²) in [4.78, 5) is 10.3. The third-order valence-corrected chi connectivity index (χ3v) is 1.96. The van der Waals surface area contributed by atoms with Crippen LogP contribution in [-0.2, 0) is 0 Å². The Hall–Kier alpha value is -1.84. The lowest BCUT2D eigenvalue weighted by Gasteiger charge is -2.04. The molecule has 1 rings (SSSR count). The Bertz CT molecular complexity index is 361. The summed E-state index contributed by atoms with van der Waals surface area (Å²) in [5.74, 6) is 0. The van der Waals surface area contributed by atoms with Gasteiger partial charge in [0.15, 0.2) is 0 Å². The molecule has 4 nitrogen and oxygen atoms in total. The number of nitro benzene ring substituents is 1. The second-order valence-electron chi connectivity index (χ2n) is 3.06. The Kier molecular flexibility index (Phi) is 4.34. The van der Waals surface area contributed by atoms with E-state index in [1.165, 1.54) is 6.07 Å². The molecule has 0 aliphatic heterocycles. The van der Waals surface area contributed by atoms with Crippen molar-refractivity contribution < 1.29 is 4.92 Å². The van der Waals surface area contributed by atoms with Crippen LogP contribution in [0.5, 0.6) is 0 Å². The average Bonchev–Trinajstić information content (AvgIpc) is 2.25. The molecule has 1 aromatic carbocycles. The molecule has 0 aliphatic carbocycles. The number of nitrogens with zero attached hydrogens (tertiary/aromatic N) is 1. The summed E-state index contributed by atoms with van der Waals surface area (Å²) >= 11 is 0. The molecule has 0 unspecified atom stereocenters. The Morgan fingerprint density at radius 1 is 1.47 bits per heavy atom. The fourth-order valence-corrected chi connectivity index (χ4v) is 1.24. The van der Waals surface area contributed by atoms with E-state index >= 15 is 0 Å². The molecule has 1 N–H and O–H groups in total. The topological polar surface area (TPSA) is 55.2 Å². The van der Waals surface area contributed by atoms with Gasteiger partial charge in [-0.3, -0.25) is 10.1 Å². The molecule has 0 spiro atoms. The van der Waals surface area contributed by atoms with Gasteiger partial charge in [-0.15, -0.1) is 0 Å². The molecule has 0 bridgehead atoms. The maximum atomic E-state index is 10.7. The van der Waals surface area contributed by atoms with Crippen LogP contribution in [0.15, 0.2) is 36.4 Å². The number of para-hydroxylation sites is 2. The van der Waals surface area contributed by atoms with Crippen molar-refractivity contribution in [3.8, 4) is 0 Å². The summed E-state index contributed by atoms with van der Waals surface area (Å²) in [6.07, 6.45) is 4.84. The van der Waals surface area contributed by atoms with Gasteiger partial charge in [0, 0.05) is 12.6 Å². The standard InChI is InChI=1S/C11H14N2O2/c1-2-3-6-9-12-10-7-4-5-8-11(10)13(14)15/h2-5,7-8,12H,6,9H2,1H3/b3-2+. The van der Waals surface area contributed by atoms with Gasteiger partial charge >= 0.3 is 0 Å². The van der Waals surface area contributed by atoms with E-state index in [1.807, 2.05) is 19.1 Å². The van der Waals surface area contributed by atoms with E-state index in [2.05, 4.69) is 5.32 Å². The molecule has 0 aliphatic rings. The zero-order valence-corrected chi connectivity index (χ0v) is 8.64. The van der Waals surface area contributed by atoms with Gasteiger partial charge in [-0.2, -0.15) is 0 Å². The highest BCUT2D eigenvalue weighted by Crippen LogP contribution is 2.22. The Balaban J connectivity index is 2.63. The Morgan fingerprint density at radius 2 is 2.20 bits per heavy atom. The molecular formula is C11H14N2O2. The molecule has 80 valence electrons. The van der Waals surface area contributed by atoms with Crippen molar-refractivity contribution in [1.29, 1.82) is 0 Å². The van der Waals surface area contributed by atoms with Gasteiger partial charge in [0.25, 0.3) is 5.69 Å². The van der Waals surface area contributed by atoms with Crippen LogP contribution < -0.4 is 5.32 Å². The molecule has 0 saturated carbocycles. The third kappa shape index (κ3) is 3.42. The SMILES string of the molecule is C/C=C/CCNc1ccccc1[N+](=O)[O-]. The van der Waals surface area contributed by atoms with Gasteiger partial charge in [-0.05, 0) is 19.4 Å². The summed E-state index contributed by atoms with van der Waals surface area (Å²) in [7, 11) is 0. The number of benzene rings is 1. The molecule has 0 saturated heterocycles. The lowest BCUT2D eigenvalue weighted by Crippen LogP contribution is -2.03. The van der Waals surface area contributed by atoms with Crippen molar-refractivity contribution in [2.24, 2.45) is 0 Å². The third-order valence-electron chi connectivity index (χ3n) is 1.96. The number of allylic oxidation sites excluding steroid dienone is 1. The second-order valence-corrected chi connectivity index (χ2v) is 3.06. The predicted octanol–water partition coefficient (Wildman–Crippen LogP) is 2.97. The minimum Gasteiger partial charge on any atom is -0.379 e. The zero-order valence-electron chi connectivity index (χ0n) is 8.64. The zero-order chi connectivity index (χ0) is 11.1. The fourth-order valence-electron chi connectivity index (χ4n) is 1.24. The van der Waals surface area contributed by atoms with Crippen molar-refractivity contribution >= 4 is 11.4 Å². The molecule has 0 aromatic heterocycles. The fraction of sp³-hybridized carbons (Fsp3) is 0.273. The highest BCUT2D eigenvalue weighted by Gasteiger charge is 2.10. The van der Waals surface area contributed by atoms with Crippen molar-refractivity contribution in [2.45, 2.75) is 13.3 Å². The largest absolute Gasteiger partial charge is 0.379 e. The quantitative estimate of drug-likeness (QED) is 0.349. The summed E-state index contributed by atoms with van der Waals surface area (Å²) in [6.45, 7) is 2.65. The van der Waals surface area contributed by atoms with Crippen molar-refractivity contribution in [2.75, 3.05) is 11.9 Å². The van der Waals surface area contributed by atoms with Gasteiger partial charge < -0.3 is 5.32 Å². The van der Waals surface area contributed by atoms with Crippen LogP contribution >= 0.6 is 0 Å². The van der Waals surface area contributed by atoms with Crippen LogP contribution in [0.2, 0.25) is 0 Å². The van der Waals surface area contributed by atoms with Gasteiger partial charge in [-0.25, -0.2) is 0 Å². The minimum atomic E-state index is -0.377. The molecule has 0 amide bonds. The molecule has 4 heteroatoms. The summed E-state index contributed by atoms with van der Waals surface area (Å²) in [5, 5.41) is 13.7. The van der Waals surface area contributed by atoms with E-state index in [0.717, 1.165) is 6.42 Å². The number of hydrogen-bond acceptors (Lipinski definition) is 3. The Labute approximate surface area is 88.8 Å². The first-order chi connectivity index (χ1) is 7.25. The van der Waals surface area contributed by atoms with Crippen LogP contribution in [0.25, 0.3) is 0 Å². The molecular weight excluding hydrogens is 192 g/mol. The van der Waals surface area contributed by atoms with Gasteiger partial charge in [0.2, 0.25) is 0 Å². The molecule has 1 aromatic rings. The maximum absolute atomic E-state index is 10.7. The maximum Gasteiger partial charge on any atom is 0.292 e. The first kappa shape index (κ1) is 11.2. The van der Waals surface area contributed by atoms with Crippen molar-refractivity contribution in [3.63, 3.8) is 0 Å².